The van der Waals surface area contributed by atoms with Gasteiger partial charge < -0.3 is 4.40 Å². The fourth-order valence-corrected chi connectivity index (χ4v) is 2.93. The minimum Gasteiger partial charge on any atom is -0.303 e. The first-order valence-corrected chi connectivity index (χ1v) is 7.90. The van der Waals surface area contributed by atoms with E-state index in [1.165, 1.54) is 17.8 Å². The van der Waals surface area contributed by atoms with Crippen LogP contribution in [-0.4, -0.2) is 19.6 Å². The number of aromatic amines is 1. The summed E-state index contributed by atoms with van der Waals surface area (Å²) in [6.45, 7) is 4.30. The lowest BCUT2D eigenvalue weighted by Gasteiger charge is -2.08. The number of hydrogen-bond acceptors (Lipinski definition) is 2. The molecular weight excluding hydrogens is 303 g/mol. The van der Waals surface area contributed by atoms with Crippen LogP contribution in [-0.2, 0) is 0 Å². The van der Waals surface area contributed by atoms with Crippen molar-refractivity contribution in [3.63, 3.8) is 0 Å². The molecule has 0 bridgehead atoms. The van der Waals surface area contributed by atoms with E-state index in [4.69, 9.17) is 0 Å². The topological polar surface area (TPSA) is 46.0 Å². The minimum atomic E-state index is -0.249. The number of nitrogens with zero attached hydrogens (tertiary/aromatic N) is 3. The van der Waals surface area contributed by atoms with E-state index >= 15 is 0 Å². The number of halogens is 1. The summed E-state index contributed by atoms with van der Waals surface area (Å²) in [5.41, 5.74) is 5.88. The van der Waals surface area contributed by atoms with Crippen LogP contribution in [0.15, 0.2) is 55.0 Å². The van der Waals surface area contributed by atoms with Crippen LogP contribution in [0.1, 0.15) is 25.5 Å². The quantitative estimate of drug-likeness (QED) is 0.597. The number of H-pyrrole nitrogens is 1. The molecule has 0 radical (unpaired) electrons. The van der Waals surface area contributed by atoms with Gasteiger partial charge in [-0.15, -0.1) is 0 Å². The van der Waals surface area contributed by atoms with Crippen molar-refractivity contribution in [2.24, 2.45) is 0 Å². The van der Waals surface area contributed by atoms with E-state index in [1.54, 1.807) is 18.3 Å². The zero-order valence-electron chi connectivity index (χ0n) is 13.5. The van der Waals surface area contributed by atoms with E-state index in [-0.39, 0.29) is 5.82 Å². The van der Waals surface area contributed by atoms with Crippen molar-refractivity contribution in [3.8, 4) is 22.4 Å². The molecule has 4 nitrogen and oxygen atoms in total. The molecule has 1 N–H and O–H groups in total. The SMILES string of the molecule is CC(C)c1cnc2ccc(-c3cn[nH]c3-c3ccc(F)cc3)cn12. The van der Waals surface area contributed by atoms with Gasteiger partial charge in [0.2, 0.25) is 0 Å². The Morgan fingerprint density at radius 2 is 1.75 bits per heavy atom. The van der Waals surface area contributed by atoms with Crippen LogP contribution in [0.5, 0.6) is 0 Å². The first kappa shape index (κ1) is 14.6. The Hall–Kier alpha value is -2.95. The van der Waals surface area contributed by atoms with Gasteiger partial charge in [-0.1, -0.05) is 13.8 Å². The van der Waals surface area contributed by atoms with Crippen LogP contribution >= 0.6 is 0 Å². The molecule has 3 heterocycles. The van der Waals surface area contributed by atoms with Gasteiger partial charge in [-0.25, -0.2) is 9.37 Å². The summed E-state index contributed by atoms with van der Waals surface area (Å²) < 4.78 is 15.3. The molecule has 0 fully saturated rings. The molecule has 0 unspecified atom stereocenters. The van der Waals surface area contributed by atoms with E-state index in [0.29, 0.717) is 5.92 Å². The molecule has 4 aromatic rings. The van der Waals surface area contributed by atoms with Crippen molar-refractivity contribution in [3.05, 3.63) is 66.5 Å². The number of nitrogens with one attached hydrogen (secondary N) is 1. The van der Waals surface area contributed by atoms with Crippen LogP contribution < -0.4 is 0 Å². The maximum atomic E-state index is 13.2. The molecule has 0 saturated heterocycles. The van der Waals surface area contributed by atoms with Crippen LogP contribution in [0.3, 0.4) is 0 Å². The molecule has 5 heteroatoms. The van der Waals surface area contributed by atoms with Crippen molar-refractivity contribution < 1.29 is 4.39 Å². The Morgan fingerprint density at radius 1 is 1.00 bits per heavy atom. The number of hydrogen-bond donors (Lipinski definition) is 1. The highest BCUT2D eigenvalue weighted by atomic mass is 19.1. The monoisotopic (exact) mass is 320 g/mol. The van der Waals surface area contributed by atoms with Gasteiger partial charge in [0.15, 0.2) is 0 Å². The predicted octanol–water partition coefficient (Wildman–Crippen LogP) is 4.65. The van der Waals surface area contributed by atoms with E-state index in [0.717, 1.165) is 28.0 Å². The van der Waals surface area contributed by atoms with E-state index < -0.39 is 0 Å². The van der Waals surface area contributed by atoms with Gasteiger partial charge in [-0.2, -0.15) is 5.10 Å². The minimum absolute atomic E-state index is 0.249. The number of imidazole rings is 1. The van der Waals surface area contributed by atoms with Crippen molar-refractivity contribution in [2.45, 2.75) is 19.8 Å². The Morgan fingerprint density at radius 3 is 2.50 bits per heavy atom. The Balaban J connectivity index is 1.85. The van der Waals surface area contributed by atoms with Gasteiger partial charge in [0.1, 0.15) is 11.5 Å². The summed E-state index contributed by atoms with van der Waals surface area (Å²) in [6, 6.07) is 10.4. The van der Waals surface area contributed by atoms with Crippen molar-refractivity contribution in [2.75, 3.05) is 0 Å². The maximum absolute atomic E-state index is 13.2. The van der Waals surface area contributed by atoms with E-state index in [1.807, 2.05) is 18.3 Å². The molecule has 24 heavy (non-hydrogen) atoms. The summed E-state index contributed by atoms with van der Waals surface area (Å²) >= 11 is 0. The average Bonchev–Trinajstić information content (AvgIpc) is 3.21. The van der Waals surface area contributed by atoms with Crippen LogP contribution in [0.25, 0.3) is 28.0 Å². The zero-order valence-corrected chi connectivity index (χ0v) is 13.5. The van der Waals surface area contributed by atoms with Gasteiger partial charge in [-0.05, 0) is 42.3 Å². The number of rotatable bonds is 3. The molecule has 0 aliphatic carbocycles. The third-order valence-corrected chi connectivity index (χ3v) is 4.21. The summed E-state index contributed by atoms with van der Waals surface area (Å²) in [4.78, 5) is 4.45. The van der Waals surface area contributed by atoms with Crippen molar-refractivity contribution in [1.82, 2.24) is 19.6 Å². The molecule has 4 rings (SSSR count). The first-order valence-electron chi connectivity index (χ1n) is 7.90. The summed E-state index contributed by atoms with van der Waals surface area (Å²) in [6.07, 6.45) is 5.79. The standard InChI is InChI=1S/C19H17FN4/c1-12(2)17-10-21-18-8-5-14(11-24(17)18)16-9-22-23-19(16)13-3-6-15(20)7-4-13/h3-12H,1-2H3,(H,22,23). The van der Waals surface area contributed by atoms with Gasteiger partial charge in [0, 0.05) is 34.8 Å². The molecule has 0 atom stereocenters. The van der Waals surface area contributed by atoms with Gasteiger partial charge in [0.25, 0.3) is 0 Å². The molecular formula is C19H17FN4. The van der Waals surface area contributed by atoms with E-state index in [2.05, 4.69) is 39.6 Å². The third kappa shape index (κ3) is 2.38. The Kier molecular flexibility index (Phi) is 3.41. The normalized spacial score (nSPS) is 11.5. The van der Waals surface area contributed by atoms with Crippen LogP contribution in [0.2, 0.25) is 0 Å². The highest BCUT2D eigenvalue weighted by Gasteiger charge is 2.13. The third-order valence-electron chi connectivity index (χ3n) is 4.21. The van der Waals surface area contributed by atoms with Crippen molar-refractivity contribution in [1.29, 1.82) is 0 Å². The maximum Gasteiger partial charge on any atom is 0.136 e. The lowest BCUT2D eigenvalue weighted by Crippen LogP contribution is -1.95. The largest absolute Gasteiger partial charge is 0.303 e. The fraction of sp³-hybridized carbons (Fsp3) is 0.158. The Bertz CT molecular complexity index is 996. The molecule has 3 aromatic heterocycles. The highest BCUT2D eigenvalue weighted by molar-refractivity contribution is 5.80. The summed E-state index contributed by atoms with van der Waals surface area (Å²) in [7, 11) is 0. The number of pyridine rings is 1. The lowest BCUT2D eigenvalue weighted by atomic mass is 10.0. The smallest absolute Gasteiger partial charge is 0.136 e. The predicted molar refractivity (Wildman–Crippen MR) is 92.3 cm³/mol. The molecule has 0 spiro atoms. The number of aromatic nitrogens is 4. The Labute approximate surface area is 139 Å². The number of benzene rings is 1. The zero-order chi connectivity index (χ0) is 16.7. The average molecular weight is 320 g/mol. The fourth-order valence-electron chi connectivity index (χ4n) is 2.93. The second-order valence-corrected chi connectivity index (χ2v) is 6.15. The molecule has 0 amide bonds. The molecule has 0 saturated carbocycles. The van der Waals surface area contributed by atoms with E-state index in [9.17, 15) is 4.39 Å². The van der Waals surface area contributed by atoms with Crippen molar-refractivity contribution >= 4 is 5.65 Å². The summed E-state index contributed by atoms with van der Waals surface area (Å²) in [5.74, 6) is 0.136. The molecule has 0 aliphatic heterocycles. The lowest BCUT2D eigenvalue weighted by molar-refractivity contribution is 0.628. The van der Waals surface area contributed by atoms with Crippen LogP contribution in [0, 0.1) is 5.82 Å². The van der Waals surface area contributed by atoms with Gasteiger partial charge in [0.05, 0.1) is 11.9 Å². The molecule has 1 aromatic carbocycles. The molecule has 0 aliphatic rings. The second kappa shape index (κ2) is 5.60. The van der Waals surface area contributed by atoms with Gasteiger partial charge in [-0.3, -0.25) is 5.10 Å². The molecule has 120 valence electrons. The van der Waals surface area contributed by atoms with Gasteiger partial charge >= 0.3 is 0 Å². The second-order valence-electron chi connectivity index (χ2n) is 6.15. The van der Waals surface area contributed by atoms with Crippen LogP contribution in [0.4, 0.5) is 4.39 Å². The first-order chi connectivity index (χ1) is 11.6. The number of fused-ring (bicyclic) bond motifs is 1. The summed E-state index contributed by atoms with van der Waals surface area (Å²) in [5, 5.41) is 7.20. The highest BCUT2D eigenvalue weighted by Crippen LogP contribution is 2.31.